The predicted octanol–water partition coefficient (Wildman–Crippen LogP) is 4.20. The van der Waals surface area contributed by atoms with Crippen LogP contribution in [0.3, 0.4) is 0 Å². The lowest BCUT2D eigenvalue weighted by molar-refractivity contribution is 0.0779. The topological polar surface area (TPSA) is 109 Å². The molecule has 1 saturated heterocycles. The van der Waals surface area contributed by atoms with Crippen LogP contribution in [-0.2, 0) is 0 Å². The normalized spacial score (nSPS) is 15.7. The quantitative estimate of drug-likeness (QED) is 0.349. The van der Waals surface area contributed by atoms with Crippen molar-refractivity contribution in [3.63, 3.8) is 0 Å². The first-order valence-corrected chi connectivity index (χ1v) is 12.4. The van der Waals surface area contributed by atoms with Gasteiger partial charge in [0, 0.05) is 31.0 Å². The molecule has 34 heavy (non-hydrogen) atoms. The molecule has 0 spiro atoms. The molecule has 0 aliphatic carbocycles. The third-order valence-electron chi connectivity index (χ3n) is 6.56. The molecule has 1 fully saturated rings. The highest BCUT2D eigenvalue weighted by Crippen LogP contribution is 2.27. The first-order chi connectivity index (χ1) is 16.3. The zero-order valence-electron chi connectivity index (χ0n) is 20.9. The number of anilines is 1. The van der Waals surface area contributed by atoms with E-state index in [9.17, 15) is 9.90 Å². The van der Waals surface area contributed by atoms with Crippen molar-refractivity contribution in [3.05, 3.63) is 34.6 Å². The molecule has 0 bridgehead atoms. The Hall–Kier alpha value is -2.45. The average Bonchev–Trinajstić information content (AvgIpc) is 3.31. The van der Waals surface area contributed by atoms with Crippen LogP contribution in [0.5, 0.6) is 5.75 Å². The Morgan fingerprint density at radius 3 is 2.50 bits per heavy atom. The van der Waals surface area contributed by atoms with Crippen LogP contribution < -0.4 is 9.64 Å². The largest absolute Gasteiger partial charge is 0.494 e. The van der Waals surface area contributed by atoms with Crippen LogP contribution in [0.2, 0.25) is 0 Å². The summed E-state index contributed by atoms with van der Waals surface area (Å²) in [5.74, 6) is 2.48. The molecule has 8 heteroatoms. The van der Waals surface area contributed by atoms with E-state index in [0.29, 0.717) is 24.1 Å². The number of aliphatic hydroxyl groups excluding tert-OH is 2. The molecule has 188 valence electrons. The molecule has 8 nitrogen and oxygen atoms in total. The number of hydrogen-bond donors (Lipinski definition) is 2. The maximum absolute atomic E-state index is 12.5. The zero-order valence-corrected chi connectivity index (χ0v) is 20.9. The Kier molecular flexibility index (Phi) is 9.47. The molecule has 2 heterocycles. The number of rotatable bonds is 12. The third-order valence-corrected chi connectivity index (χ3v) is 6.56. The molecule has 0 amide bonds. The minimum atomic E-state index is -0.851. The summed E-state index contributed by atoms with van der Waals surface area (Å²) < 4.78 is 11.4. The van der Waals surface area contributed by atoms with Crippen LogP contribution in [0.15, 0.2) is 16.7 Å². The van der Waals surface area contributed by atoms with E-state index < -0.39 is 6.10 Å². The van der Waals surface area contributed by atoms with Crippen molar-refractivity contribution in [2.75, 3.05) is 31.2 Å². The molecule has 1 atom stereocenters. The lowest BCUT2D eigenvalue weighted by atomic mass is 9.92. The minimum absolute atomic E-state index is 0.0126. The second kappa shape index (κ2) is 12.3. The van der Waals surface area contributed by atoms with Crippen molar-refractivity contribution in [3.8, 4) is 5.75 Å². The summed E-state index contributed by atoms with van der Waals surface area (Å²) in [7, 11) is 0. The number of aromatic nitrogens is 2. The third kappa shape index (κ3) is 7.03. The van der Waals surface area contributed by atoms with Crippen molar-refractivity contribution in [1.82, 2.24) is 10.1 Å². The van der Waals surface area contributed by atoms with E-state index in [1.165, 1.54) is 0 Å². The van der Waals surface area contributed by atoms with Crippen LogP contribution >= 0.6 is 0 Å². The first kappa shape index (κ1) is 26.2. The van der Waals surface area contributed by atoms with Crippen molar-refractivity contribution < 1.29 is 24.3 Å². The summed E-state index contributed by atoms with van der Waals surface area (Å²) in [4.78, 5) is 19.2. The Balaban J connectivity index is 1.40. The highest BCUT2D eigenvalue weighted by molar-refractivity contribution is 5.99. The van der Waals surface area contributed by atoms with Gasteiger partial charge in [0.15, 0.2) is 11.6 Å². The monoisotopic (exact) mass is 473 g/mol. The minimum Gasteiger partial charge on any atom is -0.494 e. The molecule has 1 aromatic heterocycles. The molecule has 0 saturated carbocycles. The number of carbonyl (C=O) groups excluding carboxylic acids is 1. The van der Waals surface area contributed by atoms with Gasteiger partial charge in [0.05, 0.1) is 19.3 Å². The summed E-state index contributed by atoms with van der Waals surface area (Å²) in [6, 6.07) is 4.47. The zero-order chi connectivity index (χ0) is 24.7. The van der Waals surface area contributed by atoms with Gasteiger partial charge in [-0.25, -0.2) is 0 Å². The highest BCUT2D eigenvalue weighted by atomic mass is 16.5. The molecule has 1 aliphatic rings. The average molecular weight is 474 g/mol. The van der Waals surface area contributed by atoms with Gasteiger partial charge in [-0.2, -0.15) is 4.98 Å². The molecule has 3 rings (SSSR count). The van der Waals surface area contributed by atoms with Crippen molar-refractivity contribution in [2.24, 2.45) is 5.92 Å². The second-order valence-electron chi connectivity index (χ2n) is 9.74. The first-order valence-electron chi connectivity index (χ1n) is 12.4. The SMILES string of the molecule is Cc1cc(OCCCC2CCN(c3nc(C(C)C)no3)CC2)cc(C)c1C(=O)CC[C@H](O)CO. The van der Waals surface area contributed by atoms with Crippen LogP contribution in [0.25, 0.3) is 0 Å². The van der Waals surface area contributed by atoms with E-state index in [1.54, 1.807) is 0 Å². The summed E-state index contributed by atoms with van der Waals surface area (Å²) in [6.45, 7) is 10.2. The van der Waals surface area contributed by atoms with Gasteiger partial charge >= 0.3 is 6.01 Å². The van der Waals surface area contributed by atoms with Gasteiger partial charge in [0.2, 0.25) is 0 Å². The Morgan fingerprint density at radius 1 is 1.24 bits per heavy atom. The number of aryl methyl sites for hydroxylation is 2. The highest BCUT2D eigenvalue weighted by Gasteiger charge is 2.23. The molecular formula is C26H39N3O5. The van der Waals surface area contributed by atoms with E-state index in [-0.39, 0.29) is 31.1 Å². The number of piperidine rings is 1. The number of Topliss-reactive ketones (excluding diaryl/α,β-unsaturated/α-hetero) is 1. The van der Waals surface area contributed by atoms with Gasteiger partial charge in [0.25, 0.3) is 0 Å². The van der Waals surface area contributed by atoms with Gasteiger partial charge in [0.1, 0.15) is 5.75 Å². The standard InChI is InChI=1S/C26H39N3O5/c1-17(2)25-27-26(34-28-25)29-11-9-20(10-12-29)6-5-13-33-22-14-18(3)24(19(4)15-22)23(32)8-7-21(31)16-30/h14-15,17,20-21,30-31H,5-13,16H2,1-4H3/t21-/m0/s1. The number of aliphatic hydroxyl groups is 2. The van der Waals surface area contributed by atoms with Crippen LogP contribution in [0.1, 0.15) is 85.6 Å². The van der Waals surface area contributed by atoms with Gasteiger partial charge in [-0.15, -0.1) is 0 Å². The maximum atomic E-state index is 12.5. The maximum Gasteiger partial charge on any atom is 0.324 e. The fourth-order valence-corrected chi connectivity index (χ4v) is 4.53. The number of carbonyl (C=O) groups is 1. The number of nitrogens with zero attached hydrogens (tertiary/aromatic N) is 3. The lowest BCUT2D eigenvalue weighted by Gasteiger charge is -2.30. The molecule has 2 N–H and O–H groups in total. The lowest BCUT2D eigenvalue weighted by Crippen LogP contribution is -2.34. The Bertz CT molecular complexity index is 911. The molecule has 0 unspecified atom stereocenters. The van der Waals surface area contributed by atoms with E-state index >= 15 is 0 Å². The second-order valence-corrected chi connectivity index (χ2v) is 9.74. The molecule has 0 radical (unpaired) electrons. The Labute approximate surface area is 202 Å². The van der Waals surface area contributed by atoms with Gasteiger partial charge < -0.3 is 24.4 Å². The smallest absolute Gasteiger partial charge is 0.324 e. The van der Waals surface area contributed by atoms with Crippen molar-refractivity contribution in [1.29, 1.82) is 0 Å². The Morgan fingerprint density at radius 2 is 1.91 bits per heavy atom. The van der Waals surface area contributed by atoms with E-state index in [1.807, 2.05) is 26.0 Å². The summed E-state index contributed by atoms with van der Waals surface area (Å²) in [5.41, 5.74) is 2.45. The van der Waals surface area contributed by atoms with E-state index in [4.69, 9.17) is 14.4 Å². The predicted molar refractivity (Wildman–Crippen MR) is 131 cm³/mol. The number of hydrogen-bond acceptors (Lipinski definition) is 8. The summed E-state index contributed by atoms with van der Waals surface area (Å²) in [5, 5.41) is 22.5. The van der Waals surface area contributed by atoms with Crippen molar-refractivity contribution >= 4 is 11.8 Å². The van der Waals surface area contributed by atoms with E-state index in [0.717, 1.165) is 61.5 Å². The van der Waals surface area contributed by atoms with Crippen LogP contribution in [0, 0.1) is 19.8 Å². The number of ketones is 1. The summed E-state index contributed by atoms with van der Waals surface area (Å²) >= 11 is 0. The number of ether oxygens (including phenoxy) is 1. The van der Waals surface area contributed by atoms with Crippen LogP contribution in [0.4, 0.5) is 6.01 Å². The molecular weight excluding hydrogens is 434 g/mol. The van der Waals surface area contributed by atoms with Crippen molar-refractivity contribution in [2.45, 2.75) is 78.2 Å². The summed E-state index contributed by atoms with van der Waals surface area (Å²) in [6.07, 6.45) is 3.96. The molecule has 1 aliphatic heterocycles. The molecule has 1 aromatic carbocycles. The van der Waals surface area contributed by atoms with E-state index in [2.05, 4.69) is 28.9 Å². The van der Waals surface area contributed by atoms with Gasteiger partial charge in [-0.3, -0.25) is 4.79 Å². The fourth-order valence-electron chi connectivity index (χ4n) is 4.53. The van der Waals surface area contributed by atoms with Gasteiger partial charge in [-0.05, 0) is 75.1 Å². The fraction of sp³-hybridized carbons (Fsp3) is 0.654. The number of benzene rings is 1. The van der Waals surface area contributed by atoms with Gasteiger partial charge in [-0.1, -0.05) is 19.0 Å². The molecule has 2 aromatic rings. The van der Waals surface area contributed by atoms with Crippen LogP contribution in [-0.4, -0.2) is 58.5 Å².